The van der Waals surface area contributed by atoms with E-state index in [1.165, 1.54) is 15.6 Å². The maximum absolute atomic E-state index is 12.3. The number of sulfonamides is 1. The molecule has 22 heavy (non-hydrogen) atoms. The summed E-state index contributed by atoms with van der Waals surface area (Å²) >= 11 is 1.36. The number of ether oxygens (including phenoxy) is 1. The minimum atomic E-state index is -3.38. The summed E-state index contributed by atoms with van der Waals surface area (Å²) < 4.78 is 31.7. The lowest BCUT2D eigenvalue weighted by atomic mass is 10.3. The highest BCUT2D eigenvalue weighted by Gasteiger charge is 2.30. The molecule has 2 atom stereocenters. The first-order chi connectivity index (χ1) is 10.3. The molecule has 2 rings (SSSR count). The minimum absolute atomic E-state index is 0.0946. The van der Waals surface area contributed by atoms with Crippen LogP contribution < -0.4 is 5.32 Å². The SMILES string of the molecule is Cc1ccsc1C(=O)NCCS(=O)(=O)N1C[C@H](C)O[C@@H](C)C1. The largest absolute Gasteiger partial charge is 0.373 e. The zero-order valence-electron chi connectivity index (χ0n) is 13.0. The topological polar surface area (TPSA) is 75.7 Å². The van der Waals surface area contributed by atoms with Crippen LogP contribution in [-0.2, 0) is 14.8 Å². The van der Waals surface area contributed by atoms with Gasteiger partial charge in [0.2, 0.25) is 10.0 Å². The normalized spacial score (nSPS) is 23.4. The zero-order valence-corrected chi connectivity index (χ0v) is 14.7. The van der Waals surface area contributed by atoms with Crippen molar-refractivity contribution in [2.45, 2.75) is 33.0 Å². The molecular weight excluding hydrogens is 324 g/mol. The van der Waals surface area contributed by atoms with Crippen LogP contribution in [0.3, 0.4) is 0 Å². The van der Waals surface area contributed by atoms with E-state index in [2.05, 4.69) is 5.32 Å². The number of nitrogens with one attached hydrogen (secondary N) is 1. The lowest BCUT2D eigenvalue weighted by Crippen LogP contribution is -2.49. The minimum Gasteiger partial charge on any atom is -0.373 e. The summed E-state index contributed by atoms with van der Waals surface area (Å²) in [4.78, 5) is 12.6. The molecule has 0 aliphatic carbocycles. The number of carbonyl (C=O) groups excluding carboxylic acids is 1. The highest BCUT2D eigenvalue weighted by atomic mass is 32.2. The van der Waals surface area contributed by atoms with Crippen molar-refractivity contribution in [2.24, 2.45) is 0 Å². The second-order valence-electron chi connectivity index (χ2n) is 5.58. The van der Waals surface area contributed by atoms with Gasteiger partial charge < -0.3 is 10.1 Å². The fourth-order valence-corrected chi connectivity index (χ4v) is 4.80. The predicted molar refractivity (Wildman–Crippen MR) is 86.8 cm³/mol. The van der Waals surface area contributed by atoms with E-state index in [0.717, 1.165) is 5.56 Å². The maximum atomic E-state index is 12.3. The molecule has 1 aliphatic rings. The summed E-state index contributed by atoms with van der Waals surface area (Å²) in [6.45, 7) is 6.42. The fourth-order valence-electron chi connectivity index (χ4n) is 2.47. The maximum Gasteiger partial charge on any atom is 0.261 e. The summed E-state index contributed by atoms with van der Waals surface area (Å²) in [5.41, 5.74) is 0.904. The molecule has 2 heterocycles. The van der Waals surface area contributed by atoms with Gasteiger partial charge in [-0.1, -0.05) is 0 Å². The van der Waals surface area contributed by atoms with Gasteiger partial charge in [0, 0.05) is 19.6 Å². The van der Waals surface area contributed by atoms with E-state index < -0.39 is 10.0 Å². The lowest BCUT2D eigenvalue weighted by molar-refractivity contribution is -0.0440. The molecule has 0 radical (unpaired) electrons. The number of carbonyl (C=O) groups is 1. The Morgan fingerprint density at radius 1 is 1.41 bits per heavy atom. The second-order valence-corrected chi connectivity index (χ2v) is 8.58. The Kier molecular flexibility index (Phi) is 5.60. The van der Waals surface area contributed by atoms with Crippen LogP contribution in [0.25, 0.3) is 0 Å². The van der Waals surface area contributed by atoms with Crippen LogP contribution >= 0.6 is 11.3 Å². The van der Waals surface area contributed by atoms with E-state index in [1.54, 1.807) is 0 Å². The van der Waals surface area contributed by atoms with E-state index in [4.69, 9.17) is 4.74 Å². The number of morpholine rings is 1. The van der Waals surface area contributed by atoms with E-state index in [9.17, 15) is 13.2 Å². The number of hydrogen-bond donors (Lipinski definition) is 1. The molecule has 1 saturated heterocycles. The van der Waals surface area contributed by atoms with Gasteiger partial charge in [-0.2, -0.15) is 4.31 Å². The second kappa shape index (κ2) is 7.08. The van der Waals surface area contributed by atoms with Crippen LogP contribution in [0.4, 0.5) is 0 Å². The standard InChI is InChI=1S/C14H22N2O4S2/c1-10-4-6-21-13(10)14(17)15-5-7-22(18,19)16-8-11(2)20-12(3)9-16/h4,6,11-12H,5,7-9H2,1-3H3,(H,15,17)/t11-,12-/m0/s1. The Labute approximate surface area is 135 Å². The van der Waals surface area contributed by atoms with Crippen LogP contribution in [-0.4, -0.2) is 56.2 Å². The first-order valence-electron chi connectivity index (χ1n) is 7.25. The molecule has 0 spiro atoms. The van der Waals surface area contributed by atoms with Gasteiger partial charge >= 0.3 is 0 Å². The lowest BCUT2D eigenvalue weighted by Gasteiger charge is -2.34. The molecule has 1 N–H and O–H groups in total. The zero-order chi connectivity index (χ0) is 16.3. The molecule has 0 saturated carbocycles. The third-order valence-electron chi connectivity index (χ3n) is 3.49. The number of hydrogen-bond acceptors (Lipinski definition) is 5. The Morgan fingerprint density at radius 3 is 2.59 bits per heavy atom. The van der Waals surface area contributed by atoms with Crippen molar-refractivity contribution in [3.05, 3.63) is 21.9 Å². The predicted octanol–water partition coefficient (Wildman–Crippen LogP) is 1.23. The number of thiophene rings is 1. The fraction of sp³-hybridized carbons (Fsp3) is 0.643. The van der Waals surface area contributed by atoms with Crippen molar-refractivity contribution in [3.8, 4) is 0 Å². The quantitative estimate of drug-likeness (QED) is 0.870. The number of aryl methyl sites for hydroxylation is 1. The molecule has 1 aromatic heterocycles. The molecule has 0 bridgehead atoms. The molecule has 8 heteroatoms. The highest BCUT2D eigenvalue weighted by molar-refractivity contribution is 7.89. The average molecular weight is 346 g/mol. The molecule has 0 unspecified atom stereocenters. The van der Waals surface area contributed by atoms with Gasteiger partial charge in [0.15, 0.2) is 0 Å². The van der Waals surface area contributed by atoms with Crippen LogP contribution in [0.1, 0.15) is 29.1 Å². The molecule has 1 aliphatic heterocycles. The first-order valence-corrected chi connectivity index (χ1v) is 9.74. The first kappa shape index (κ1) is 17.4. The van der Waals surface area contributed by atoms with Crippen LogP contribution in [0.2, 0.25) is 0 Å². The van der Waals surface area contributed by atoms with Crippen LogP contribution in [0.15, 0.2) is 11.4 Å². The number of nitrogens with zero attached hydrogens (tertiary/aromatic N) is 1. The van der Waals surface area contributed by atoms with Crippen molar-refractivity contribution in [2.75, 3.05) is 25.4 Å². The van der Waals surface area contributed by atoms with Gasteiger partial charge in [0.1, 0.15) is 0 Å². The van der Waals surface area contributed by atoms with Crippen molar-refractivity contribution in [3.63, 3.8) is 0 Å². The van der Waals surface area contributed by atoms with Gasteiger partial charge in [-0.3, -0.25) is 4.79 Å². The summed E-state index contributed by atoms with van der Waals surface area (Å²) in [5.74, 6) is -0.311. The van der Waals surface area contributed by atoms with Gasteiger partial charge in [0.05, 0.1) is 22.8 Å². The van der Waals surface area contributed by atoms with E-state index >= 15 is 0 Å². The molecule has 0 aromatic carbocycles. The van der Waals surface area contributed by atoms with E-state index in [1.807, 2.05) is 32.2 Å². The Balaban J connectivity index is 1.87. The summed E-state index contributed by atoms with van der Waals surface area (Å²) in [5, 5.41) is 4.52. The summed E-state index contributed by atoms with van der Waals surface area (Å²) in [6, 6.07) is 1.87. The summed E-state index contributed by atoms with van der Waals surface area (Å²) in [7, 11) is -3.38. The molecule has 1 aromatic rings. The van der Waals surface area contributed by atoms with Gasteiger partial charge in [-0.15, -0.1) is 11.3 Å². The van der Waals surface area contributed by atoms with Crippen molar-refractivity contribution >= 4 is 27.3 Å². The molecule has 1 fully saturated rings. The molecular formula is C14H22N2O4S2. The highest BCUT2D eigenvalue weighted by Crippen LogP contribution is 2.16. The summed E-state index contributed by atoms with van der Waals surface area (Å²) in [6.07, 6.45) is -0.219. The van der Waals surface area contributed by atoms with Gasteiger partial charge in [-0.05, 0) is 37.8 Å². The number of amides is 1. The van der Waals surface area contributed by atoms with Gasteiger partial charge in [0.25, 0.3) is 5.91 Å². The van der Waals surface area contributed by atoms with E-state index in [0.29, 0.717) is 18.0 Å². The number of rotatable bonds is 5. The van der Waals surface area contributed by atoms with Crippen molar-refractivity contribution in [1.82, 2.24) is 9.62 Å². The molecule has 6 nitrogen and oxygen atoms in total. The average Bonchev–Trinajstić information content (AvgIpc) is 2.83. The third-order valence-corrected chi connectivity index (χ3v) is 6.31. The van der Waals surface area contributed by atoms with Gasteiger partial charge in [-0.25, -0.2) is 8.42 Å². The van der Waals surface area contributed by atoms with Crippen molar-refractivity contribution < 1.29 is 17.9 Å². The molecule has 1 amide bonds. The molecule has 124 valence electrons. The third kappa shape index (κ3) is 4.28. The Bertz CT molecular complexity index is 617. The van der Waals surface area contributed by atoms with Crippen LogP contribution in [0.5, 0.6) is 0 Å². The van der Waals surface area contributed by atoms with Crippen molar-refractivity contribution in [1.29, 1.82) is 0 Å². The van der Waals surface area contributed by atoms with E-state index in [-0.39, 0.29) is 30.4 Å². The monoisotopic (exact) mass is 346 g/mol. The Morgan fingerprint density at radius 2 is 2.05 bits per heavy atom. The van der Waals surface area contributed by atoms with Crippen LogP contribution in [0, 0.1) is 6.92 Å². The smallest absolute Gasteiger partial charge is 0.261 e. The Hall–Kier alpha value is -0.960.